The summed E-state index contributed by atoms with van der Waals surface area (Å²) in [5, 5.41) is 27.6. The summed E-state index contributed by atoms with van der Waals surface area (Å²) < 4.78 is 10.8. The van der Waals surface area contributed by atoms with Gasteiger partial charge < -0.3 is 30.4 Å². The van der Waals surface area contributed by atoms with Crippen LogP contribution in [0.25, 0.3) is 0 Å². The Morgan fingerprint density at radius 1 is 1.18 bits per heavy atom. The molecule has 180 valence electrons. The second kappa shape index (κ2) is 10.6. The van der Waals surface area contributed by atoms with Gasteiger partial charge in [-0.15, -0.1) is 0 Å². The van der Waals surface area contributed by atoms with E-state index in [4.69, 9.17) is 30.5 Å². The Morgan fingerprint density at radius 2 is 1.88 bits per heavy atom. The minimum atomic E-state index is -1.53. The average Bonchev–Trinajstić information content (AvgIpc) is 3.43. The number of ether oxygens (including phenoxy) is 1. The smallest absolute Gasteiger partial charge is 0.379 e. The van der Waals surface area contributed by atoms with Gasteiger partial charge in [-0.2, -0.15) is 0 Å². The molecule has 0 spiro atoms. The molecule has 3 rings (SSSR count). The van der Waals surface area contributed by atoms with E-state index in [0.717, 1.165) is 0 Å². The summed E-state index contributed by atoms with van der Waals surface area (Å²) in [6.07, 6.45) is 0.423. The minimum absolute atomic E-state index is 0.0433. The van der Waals surface area contributed by atoms with E-state index in [0.29, 0.717) is 30.7 Å². The van der Waals surface area contributed by atoms with E-state index >= 15 is 0 Å². The third-order valence-electron chi connectivity index (χ3n) is 5.26. The number of rotatable bonds is 10. The molecule has 34 heavy (non-hydrogen) atoms. The van der Waals surface area contributed by atoms with Gasteiger partial charge in [0.05, 0.1) is 19.0 Å². The van der Waals surface area contributed by atoms with E-state index < -0.39 is 42.3 Å². The van der Waals surface area contributed by atoms with Gasteiger partial charge in [0.15, 0.2) is 0 Å². The molecule has 1 aromatic carbocycles. The number of amidine groups is 1. The molecule has 1 fully saturated rings. The molecule has 2 heterocycles. The van der Waals surface area contributed by atoms with Crippen molar-refractivity contribution in [1.29, 1.82) is 5.41 Å². The van der Waals surface area contributed by atoms with Crippen LogP contribution in [0.3, 0.4) is 0 Å². The van der Waals surface area contributed by atoms with Gasteiger partial charge in [0.2, 0.25) is 11.7 Å². The van der Waals surface area contributed by atoms with Crippen LogP contribution in [-0.4, -0.2) is 63.4 Å². The van der Waals surface area contributed by atoms with Gasteiger partial charge in [-0.3, -0.25) is 19.9 Å². The van der Waals surface area contributed by atoms with E-state index in [1.54, 1.807) is 23.1 Å². The zero-order chi connectivity index (χ0) is 24.8. The van der Waals surface area contributed by atoms with Crippen LogP contribution in [0.5, 0.6) is 5.75 Å². The highest BCUT2D eigenvalue weighted by atomic mass is 16.5. The maximum atomic E-state index is 12.6. The molecule has 1 aromatic heterocycles. The molecule has 0 bridgehead atoms. The molecule has 0 radical (unpaired) electrons. The van der Waals surface area contributed by atoms with E-state index in [-0.39, 0.29) is 23.9 Å². The number of nitrogens with one attached hydrogen (secondary N) is 2. The van der Waals surface area contributed by atoms with Crippen LogP contribution in [0.1, 0.15) is 41.1 Å². The van der Waals surface area contributed by atoms with E-state index in [1.807, 2.05) is 0 Å². The first-order valence-corrected chi connectivity index (χ1v) is 10.4. The lowest BCUT2D eigenvalue weighted by Crippen LogP contribution is -2.49. The number of hydrogen-bond donors (Lipinski definition) is 5. The minimum Gasteiger partial charge on any atom is -0.481 e. The van der Waals surface area contributed by atoms with Gasteiger partial charge in [-0.1, -0.05) is 0 Å². The van der Waals surface area contributed by atoms with Crippen LogP contribution in [0, 0.1) is 5.41 Å². The molecule has 1 aliphatic heterocycles. The molecule has 12 heteroatoms. The van der Waals surface area contributed by atoms with Crippen molar-refractivity contribution in [3.8, 4) is 5.75 Å². The Labute approximate surface area is 193 Å². The molecule has 12 nitrogen and oxygen atoms in total. The summed E-state index contributed by atoms with van der Waals surface area (Å²) in [5.74, 6) is -3.56. The second-order valence-electron chi connectivity index (χ2n) is 7.72. The zero-order valence-electron chi connectivity index (χ0n) is 18.0. The monoisotopic (exact) mass is 472 g/mol. The molecule has 1 saturated heterocycles. The fourth-order valence-corrected chi connectivity index (χ4v) is 3.59. The van der Waals surface area contributed by atoms with Crippen molar-refractivity contribution in [3.05, 3.63) is 53.5 Å². The van der Waals surface area contributed by atoms with Crippen LogP contribution in [-0.2, 0) is 20.9 Å². The van der Waals surface area contributed by atoms with Gasteiger partial charge in [0.25, 0.3) is 0 Å². The van der Waals surface area contributed by atoms with Crippen molar-refractivity contribution in [2.24, 2.45) is 5.73 Å². The number of amides is 1. The fourth-order valence-electron chi connectivity index (χ4n) is 3.59. The van der Waals surface area contributed by atoms with Crippen molar-refractivity contribution in [3.63, 3.8) is 0 Å². The van der Waals surface area contributed by atoms with Gasteiger partial charge in [0.1, 0.15) is 23.4 Å². The number of carbonyl (C=O) groups is 4. The lowest BCUT2D eigenvalue weighted by molar-refractivity contribution is -0.147. The molecule has 6 N–H and O–H groups in total. The Kier molecular flexibility index (Phi) is 7.64. The van der Waals surface area contributed by atoms with E-state index in [2.05, 4.69) is 5.32 Å². The molecule has 1 aliphatic rings. The van der Waals surface area contributed by atoms with Crippen LogP contribution >= 0.6 is 0 Å². The number of carbonyl (C=O) groups excluding carboxylic acids is 2. The molecule has 2 unspecified atom stereocenters. The largest absolute Gasteiger partial charge is 0.481 e. The molecule has 0 saturated carbocycles. The summed E-state index contributed by atoms with van der Waals surface area (Å²) >= 11 is 0. The standard InChI is InChI=1S/C22H24N4O8/c23-19(24)12-3-5-13(6-4-12)34-22(32)17-8-7-14(33-17)11-26-9-1-2-16(26)20(29)25-15(21(30)31)10-18(27)28/h3-8,15-16H,1-2,9-11H2,(H3,23,24)(H,25,29)(H,27,28)(H,30,31). The average molecular weight is 472 g/mol. The van der Waals surface area contributed by atoms with Crippen molar-refractivity contribution in [2.75, 3.05) is 6.54 Å². The Morgan fingerprint density at radius 3 is 2.50 bits per heavy atom. The van der Waals surface area contributed by atoms with Gasteiger partial charge >= 0.3 is 17.9 Å². The van der Waals surface area contributed by atoms with Gasteiger partial charge in [0, 0.05) is 5.56 Å². The van der Waals surface area contributed by atoms with Crippen LogP contribution in [0.4, 0.5) is 0 Å². The quantitative estimate of drug-likeness (QED) is 0.143. The molecular weight excluding hydrogens is 448 g/mol. The van der Waals surface area contributed by atoms with Crippen LogP contribution < -0.4 is 15.8 Å². The topological polar surface area (TPSA) is 196 Å². The number of carboxylic acid groups (broad SMARTS) is 2. The highest BCUT2D eigenvalue weighted by molar-refractivity contribution is 5.95. The summed E-state index contributed by atoms with van der Waals surface area (Å²) in [5.41, 5.74) is 5.88. The number of furan rings is 1. The third-order valence-corrected chi connectivity index (χ3v) is 5.26. The van der Waals surface area contributed by atoms with Gasteiger partial charge in [-0.25, -0.2) is 9.59 Å². The lowest BCUT2D eigenvalue weighted by atomic mass is 10.1. The summed E-state index contributed by atoms with van der Waals surface area (Å²) in [6, 6.07) is 6.93. The highest BCUT2D eigenvalue weighted by Gasteiger charge is 2.34. The molecule has 1 amide bonds. The summed E-state index contributed by atoms with van der Waals surface area (Å²) in [6.45, 7) is 0.729. The Bertz CT molecular complexity index is 1090. The second-order valence-corrected chi connectivity index (χ2v) is 7.72. The number of nitrogens with zero attached hydrogens (tertiary/aromatic N) is 1. The molecule has 2 aromatic rings. The highest BCUT2D eigenvalue weighted by Crippen LogP contribution is 2.22. The first kappa shape index (κ1) is 24.5. The number of nitrogens with two attached hydrogens (primary N) is 1. The van der Waals surface area contributed by atoms with Crippen molar-refractivity contribution in [2.45, 2.75) is 37.9 Å². The van der Waals surface area contributed by atoms with E-state index in [9.17, 15) is 19.2 Å². The molecule has 2 atom stereocenters. The van der Waals surface area contributed by atoms with Crippen molar-refractivity contribution in [1.82, 2.24) is 10.2 Å². The fraction of sp³-hybridized carbons (Fsp3) is 0.318. The maximum Gasteiger partial charge on any atom is 0.379 e. The third kappa shape index (κ3) is 6.19. The Balaban J connectivity index is 1.60. The number of esters is 1. The zero-order valence-corrected chi connectivity index (χ0v) is 18.0. The van der Waals surface area contributed by atoms with Gasteiger partial charge in [-0.05, 0) is 55.8 Å². The number of benzene rings is 1. The normalized spacial score (nSPS) is 16.5. The Hall–Kier alpha value is -4.19. The molecule has 0 aliphatic carbocycles. The predicted octanol–water partition coefficient (Wildman–Crippen LogP) is 0.791. The van der Waals surface area contributed by atoms with Crippen LogP contribution in [0.2, 0.25) is 0 Å². The predicted molar refractivity (Wildman–Crippen MR) is 116 cm³/mol. The van der Waals surface area contributed by atoms with E-state index in [1.165, 1.54) is 18.2 Å². The number of aliphatic carboxylic acids is 2. The van der Waals surface area contributed by atoms with Crippen molar-refractivity contribution >= 4 is 29.7 Å². The summed E-state index contributed by atoms with van der Waals surface area (Å²) in [7, 11) is 0. The number of hydrogen-bond acceptors (Lipinski definition) is 8. The SMILES string of the molecule is N=C(N)c1ccc(OC(=O)c2ccc(CN3CCCC3C(=O)NC(CC(=O)O)C(=O)O)o2)cc1. The number of nitrogen functional groups attached to an aromatic ring is 1. The first-order chi connectivity index (χ1) is 16.1. The number of carboxylic acids is 2. The maximum absolute atomic E-state index is 12.6. The molecular formula is C22H24N4O8. The first-order valence-electron chi connectivity index (χ1n) is 10.4. The van der Waals surface area contributed by atoms with Crippen molar-refractivity contribution < 1.29 is 38.5 Å². The van der Waals surface area contributed by atoms with Crippen LogP contribution in [0.15, 0.2) is 40.8 Å². The lowest BCUT2D eigenvalue weighted by Gasteiger charge is -2.24. The summed E-state index contributed by atoms with van der Waals surface area (Å²) in [4.78, 5) is 48.8. The number of likely N-dealkylation sites (tertiary alicyclic amines) is 1.